The molecule has 0 bridgehead atoms. The SMILES string of the molecule is CO[C@H]1[C@@H](O)[C@H](O[C@@H]2[C@@H](C)O[C@@H](O[C@H]3[C@@H](OC)C[C@H](O[C@H]4CC[C@@]5(C)[C@@H](CC[C@@H]6[C@@H]5[C@H](O)[C@@H](O)[C@]5(C)[C@@H]([C@@H](C)OC(=O)/C=C/c7ccccc7)CC[C@]65O)C4)O[C@@H]3C)C[C@H]2OC)O[C@H](C)[C@H]1O. The van der Waals surface area contributed by atoms with Crippen molar-refractivity contribution in [3.05, 3.63) is 42.0 Å². The molecule has 8 rings (SSSR count). The number of aliphatic hydroxyl groups excluding tert-OH is 4. The van der Waals surface area contributed by atoms with Crippen molar-refractivity contribution in [2.45, 2.75) is 209 Å². The van der Waals surface area contributed by atoms with Gasteiger partial charge in [-0.1, -0.05) is 44.2 Å². The summed E-state index contributed by atoms with van der Waals surface area (Å²) in [5.41, 5.74) is -1.78. The van der Waals surface area contributed by atoms with Crippen molar-refractivity contribution in [1.29, 1.82) is 0 Å². The highest BCUT2D eigenvalue weighted by Crippen LogP contribution is 2.69. The van der Waals surface area contributed by atoms with E-state index in [0.29, 0.717) is 32.1 Å². The molecule has 16 nitrogen and oxygen atoms in total. The molecule has 4 aliphatic carbocycles. The first kappa shape index (κ1) is 51.2. The summed E-state index contributed by atoms with van der Waals surface area (Å²) in [4.78, 5) is 13.0. The molecule has 0 amide bonds. The summed E-state index contributed by atoms with van der Waals surface area (Å²) in [5, 5.41) is 58.6. The van der Waals surface area contributed by atoms with Crippen LogP contribution in [0, 0.1) is 34.5 Å². The number of rotatable bonds is 13. The van der Waals surface area contributed by atoms with E-state index in [1.54, 1.807) is 27.2 Å². The molecule has 67 heavy (non-hydrogen) atoms. The Kier molecular flexibility index (Phi) is 15.7. The monoisotopic (exact) mass is 947 g/mol. The second-order valence-electron chi connectivity index (χ2n) is 21.3. The first-order valence-corrected chi connectivity index (χ1v) is 24.8. The summed E-state index contributed by atoms with van der Waals surface area (Å²) in [6.07, 6.45) is -3.06. The van der Waals surface area contributed by atoms with Gasteiger partial charge in [-0.05, 0) is 107 Å². The Balaban J connectivity index is 0.858. The molecule has 0 aromatic heterocycles. The maximum Gasteiger partial charge on any atom is 0.331 e. The number of carbonyl (C=O) groups is 1. The van der Waals surface area contributed by atoms with Gasteiger partial charge in [-0.25, -0.2) is 4.79 Å². The molecule has 7 fully saturated rings. The van der Waals surface area contributed by atoms with Gasteiger partial charge >= 0.3 is 5.97 Å². The van der Waals surface area contributed by atoms with Crippen LogP contribution < -0.4 is 0 Å². The largest absolute Gasteiger partial charge is 0.459 e. The number of hydrogen-bond donors (Lipinski definition) is 5. The van der Waals surface area contributed by atoms with Gasteiger partial charge in [-0.2, -0.15) is 0 Å². The third-order valence-electron chi connectivity index (χ3n) is 17.9. The Morgan fingerprint density at radius 1 is 0.731 bits per heavy atom. The molecule has 1 aromatic carbocycles. The van der Waals surface area contributed by atoms with Gasteiger partial charge in [0.25, 0.3) is 0 Å². The van der Waals surface area contributed by atoms with Gasteiger partial charge in [0.05, 0.1) is 54.4 Å². The molecule has 0 unspecified atom stereocenters. The van der Waals surface area contributed by atoms with E-state index in [0.717, 1.165) is 31.2 Å². The second-order valence-corrected chi connectivity index (χ2v) is 21.3. The lowest BCUT2D eigenvalue weighted by Crippen LogP contribution is -2.72. The number of esters is 1. The third-order valence-corrected chi connectivity index (χ3v) is 17.9. The summed E-state index contributed by atoms with van der Waals surface area (Å²) in [7, 11) is 4.66. The van der Waals surface area contributed by atoms with Gasteiger partial charge in [0.15, 0.2) is 18.9 Å². The van der Waals surface area contributed by atoms with Crippen molar-refractivity contribution < 1.29 is 77.7 Å². The van der Waals surface area contributed by atoms with E-state index >= 15 is 0 Å². The zero-order valence-electron chi connectivity index (χ0n) is 40.8. The molecule has 378 valence electrons. The van der Waals surface area contributed by atoms with E-state index in [2.05, 4.69) is 6.92 Å². The van der Waals surface area contributed by atoms with Crippen LogP contribution in [-0.4, -0.2) is 163 Å². The normalized spacial score (nSPS) is 49.4. The lowest BCUT2D eigenvalue weighted by atomic mass is 9.41. The third kappa shape index (κ3) is 9.45. The highest BCUT2D eigenvalue weighted by atomic mass is 16.8. The summed E-state index contributed by atoms with van der Waals surface area (Å²) in [6, 6.07) is 9.52. The molecule has 1 aromatic rings. The predicted molar refractivity (Wildman–Crippen MR) is 242 cm³/mol. The topological polar surface area (TPSA) is 211 Å². The van der Waals surface area contributed by atoms with Crippen molar-refractivity contribution in [3.63, 3.8) is 0 Å². The molecular formula is C51H78O16. The van der Waals surface area contributed by atoms with E-state index < -0.39 is 109 Å². The summed E-state index contributed by atoms with van der Waals surface area (Å²) < 4.78 is 61.4. The Morgan fingerprint density at radius 2 is 1.37 bits per heavy atom. The number of aliphatic hydroxyl groups is 5. The zero-order valence-corrected chi connectivity index (χ0v) is 40.8. The molecule has 3 heterocycles. The number of hydrogen-bond acceptors (Lipinski definition) is 16. The lowest BCUT2D eigenvalue weighted by molar-refractivity contribution is -0.352. The summed E-state index contributed by atoms with van der Waals surface area (Å²) in [5.74, 6) is -1.17. The summed E-state index contributed by atoms with van der Waals surface area (Å²) in [6.45, 7) is 11.4. The Hall–Kier alpha value is -2.13. The van der Waals surface area contributed by atoms with E-state index in [1.807, 2.05) is 58.0 Å². The Morgan fingerprint density at radius 3 is 2.01 bits per heavy atom. The highest BCUT2D eigenvalue weighted by Gasteiger charge is 2.74. The minimum Gasteiger partial charge on any atom is -0.459 e. The minimum atomic E-state index is -1.24. The molecular weight excluding hydrogens is 869 g/mol. The van der Waals surface area contributed by atoms with Crippen LogP contribution in [0.5, 0.6) is 0 Å². The molecule has 3 saturated heterocycles. The lowest BCUT2D eigenvalue weighted by Gasteiger charge is -2.66. The van der Waals surface area contributed by atoms with Gasteiger partial charge in [0.2, 0.25) is 0 Å². The second kappa shape index (κ2) is 20.5. The maximum atomic E-state index is 13.0. The van der Waals surface area contributed by atoms with E-state index in [9.17, 15) is 30.3 Å². The van der Waals surface area contributed by atoms with Crippen LogP contribution >= 0.6 is 0 Å². The van der Waals surface area contributed by atoms with E-state index in [1.165, 1.54) is 13.2 Å². The molecule has 5 N–H and O–H groups in total. The number of carbonyl (C=O) groups excluding carboxylic acids is 1. The fraction of sp³-hybridized carbons (Fsp3) is 0.824. The average Bonchev–Trinajstić information content (AvgIpc) is 3.59. The van der Waals surface area contributed by atoms with Crippen LogP contribution in [0.25, 0.3) is 6.08 Å². The standard InChI is InChI=1S/C51H78O16/c1-26(61-37(52)18-15-30-13-11-10-12-14-30)33-20-22-51(57)34-17-16-31-23-32(19-21-49(31,5)40(34)42(54)47(56)50(33,51)6)65-38-24-35(58-7)44(28(3)62-38)66-39-25-36(59-8)45(29(4)63-39)67-48-43(55)46(60-9)41(53)27(2)64-48/h10-15,18,26-29,31-36,38-48,53-57H,16-17,19-25H2,1-9H3/b18-15+/t26-,27-,28-,29-,31+,32+,33-,34-,35+,36-,38+,39+,40-,41-,42+,43-,44-,45-,46-,47-,48+,49+,50+,51+/m1/s1. The van der Waals surface area contributed by atoms with Crippen molar-refractivity contribution in [2.75, 3.05) is 21.3 Å². The van der Waals surface area contributed by atoms with Gasteiger partial charge in [-0.3, -0.25) is 0 Å². The maximum absolute atomic E-state index is 13.0. The van der Waals surface area contributed by atoms with Crippen molar-refractivity contribution in [1.82, 2.24) is 0 Å². The van der Waals surface area contributed by atoms with Crippen LogP contribution in [0.2, 0.25) is 0 Å². The number of ether oxygens (including phenoxy) is 10. The van der Waals surface area contributed by atoms with Gasteiger partial charge in [0, 0.05) is 51.6 Å². The predicted octanol–water partition coefficient (Wildman–Crippen LogP) is 4.28. The summed E-state index contributed by atoms with van der Waals surface area (Å²) >= 11 is 0. The van der Waals surface area contributed by atoms with Crippen molar-refractivity contribution in [3.8, 4) is 0 Å². The molecule has 0 radical (unpaired) electrons. The first-order valence-electron chi connectivity index (χ1n) is 24.8. The smallest absolute Gasteiger partial charge is 0.331 e. The minimum absolute atomic E-state index is 0.0952. The van der Waals surface area contributed by atoms with E-state index in [4.69, 9.17) is 47.4 Å². The average molecular weight is 947 g/mol. The zero-order chi connectivity index (χ0) is 48.2. The van der Waals surface area contributed by atoms with Gasteiger partial charge in [0.1, 0.15) is 36.6 Å². The van der Waals surface area contributed by atoms with E-state index in [-0.39, 0.29) is 41.3 Å². The number of fused-ring (bicyclic) bond motifs is 5. The highest BCUT2D eigenvalue weighted by molar-refractivity contribution is 5.87. The molecule has 4 saturated carbocycles. The molecule has 7 aliphatic rings. The first-order chi connectivity index (χ1) is 31.9. The van der Waals surface area contributed by atoms with Gasteiger partial charge < -0.3 is 72.9 Å². The number of benzene rings is 1. The van der Waals surface area contributed by atoms with Crippen molar-refractivity contribution >= 4 is 12.0 Å². The molecule has 3 aliphatic heterocycles. The quantitative estimate of drug-likeness (QED) is 0.106. The van der Waals surface area contributed by atoms with Crippen LogP contribution in [0.3, 0.4) is 0 Å². The van der Waals surface area contributed by atoms with Crippen LogP contribution in [0.1, 0.15) is 105 Å². The Labute approximate surface area is 395 Å². The number of methoxy groups -OCH3 is 3. The molecule has 0 spiro atoms. The van der Waals surface area contributed by atoms with Crippen LogP contribution in [0.4, 0.5) is 0 Å². The van der Waals surface area contributed by atoms with Crippen LogP contribution in [-0.2, 0) is 52.2 Å². The fourth-order valence-electron chi connectivity index (χ4n) is 14.2. The van der Waals surface area contributed by atoms with Gasteiger partial charge in [-0.15, -0.1) is 0 Å². The van der Waals surface area contributed by atoms with Crippen LogP contribution in [0.15, 0.2) is 36.4 Å². The Bertz CT molecular complexity index is 1840. The van der Waals surface area contributed by atoms with Crippen molar-refractivity contribution in [2.24, 2.45) is 34.5 Å². The fourth-order valence-corrected chi connectivity index (χ4v) is 14.2. The molecule has 24 atom stereocenters. The molecule has 16 heteroatoms.